The molecule has 7 rings (SSSR count). The van der Waals surface area contributed by atoms with E-state index in [4.69, 9.17) is 26.2 Å². The summed E-state index contributed by atoms with van der Waals surface area (Å²) in [5.74, 6) is -1.27. The van der Waals surface area contributed by atoms with Gasteiger partial charge in [-0.25, -0.2) is 9.97 Å². The number of pyridine rings is 1. The number of ether oxygens (including phenoxy) is 1. The van der Waals surface area contributed by atoms with Crippen LogP contribution >= 0.6 is 23.4 Å². The number of carbonyl (C=O) groups excluding carboxylic acids is 1. The molecule has 13 heteroatoms. The Hall–Kier alpha value is -5.04. The maximum atomic E-state index is 13.6. The molecule has 1 aliphatic carbocycles. The largest absolute Gasteiger partial charge is 0.506 e. The van der Waals surface area contributed by atoms with E-state index in [0.29, 0.717) is 14.5 Å². The van der Waals surface area contributed by atoms with Gasteiger partial charge < -0.3 is 35.5 Å². The highest BCUT2D eigenvalue weighted by atomic mass is 35.5. The summed E-state index contributed by atoms with van der Waals surface area (Å²) in [4.78, 5) is 39.0. The van der Waals surface area contributed by atoms with Crippen molar-refractivity contribution in [1.82, 2.24) is 14.5 Å². The van der Waals surface area contributed by atoms with Crippen molar-refractivity contribution < 1.29 is 23.9 Å². The normalized spacial score (nSPS) is 17.5. The van der Waals surface area contributed by atoms with Crippen molar-refractivity contribution >= 4 is 40.8 Å². The summed E-state index contributed by atoms with van der Waals surface area (Å²) in [6.07, 6.45) is 7.19. The van der Waals surface area contributed by atoms with E-state index in [1.165, 1.54) is 54.3 Å². The van der Waals surface area contributed by atoms with Crippen LogP contribution in [0, 0.1) is 5.41 Å². The molecule has 11 nitrogen and oxygen atoms in total. The molecule has 5 aromatic rings. The van der Waals surface area contributed by atoms with Crippen LogP contribution in [-0.4, -0.2) is 50.9 Å². The Bertz CT molecular complexity index is 2280. The lowest BCUT2D eigenvalue weighted by atomic mass is 9.73. The average Bonchev–Trinajstić information content (AvgIpc) is 3.40. The second-order valence-corrected chi connectivity index (χ2v) is 13.9. The van der Waals surface area contributed by atoms with Crippen LogP contribution in [0.2, 0.25) is 5.02 Å². The summed E-state index contributed by atoms with van der Waals surface area (Å²) in [7, 11) is 1.31. The third-order valence-corrected chi connectivity index (χ3v) is 11.1. The number of rotatable bonds is 7. The van der Waals surface area contributed by atoms with Crippen molar-refractivity contribution in [3.8, 4) is 28.4 Å². The van der Waals surface area contributed by atoms with Gasteiger partial charge in [0.25, 0.3) is 11.5 Å². The Morgan fingerprint density at radius 2 is 1.92 bits per heavy atom. The van der Waals surface area contributed by atoms with Crippen molar-refractivity contribution in [3.05, 3.63) is 111 Å². The number of hydrogen-bond donors (Lipinski definition) is 4. The minimum absolute atomic E-state index is 0.0230. The highest BCUT2D eigenvalue weighted by Gasteiger charge is 2.45. The molecule has 1 saturated heterocycles. The molecule has 256 valence electrons. The molecular formula is C37H35ClN6O5S. The number of phenolic OH excluding ortho intramolecular Hbond substituents is 1. The topological polar surface area (TPSA) is 156 Å². The predicted molar refractivity (Wildman–Crippen MR) is 194 cm³/mol. The predicted octanol–water partition coefficient (Wildman–Crippen LogP) is 6.16. The Morgan fingerprint density at radius 1 is 1.12 bits per heavy atom. The molecule has 0 radical (unpaired) electrons. The number of amides is 1. The number of carbonyl (C=O) groups is 1. The third kappa shape index (κ3) is 6.03. The SMILES string of the molecule is [2H]C([2H])([2H])n1cc(-c2ccc(O)c(OC)c2)c(O)c(C(=O)Nc2cccc(Sc3cnc(N4CCC5(CC4)Cc4ccccc4[C@H]5N)cn3)c2Cl)c1=O. The van der Waals surface area contributed by atoms with Crippen molar-refractivity contribution in [2.75, 3.05) is 30.4 Å². The zero-order valence-corrected chi connectivity index (χ0v) is 28.5. The average molecular weight is 714 g/mol. The van der Waals surface area contributed by atoms with Crippen molar-refractivity contribution in [3.63, 3.8) is 0 Å². The van der Waals surface area contributed by atoms with E-state index in [0.717, 1.165) is 44.4 Å². The van der Waals surface area contributed by atoms with Crippen LogP contribution in [0.5, 0.6) is 17.2 Å². The molecule has 5 N–H and O–H groups in total. The van der Waals surface area contributed by atoms with Crippen LogP contribution in [0.1, 0.15) is 44.5 Å². The van der Waals surface area contributed by atoms with Crippen LogP contribution < -0.4 is 26.2 Å². The highest BCUT2D eigenvalue weighted by molar-refractivity contribution is 7.99. The van der Waals surface area contributed by atoms with Crippen molar-refractivity contribution in [2.45, 2.75) is 35.2 Å². The Morgan fingerprint density at radius 3 is 2.64 bits per heavy atom. The van der Waals surface area contributed by atoms with E-state index >= 15 is 0 Å². The molecule has 1 aliphatic heterocycles. The van der Waals surface area contributed by atoms with Gasteiger partial charge in [-0.3, -0.25) is 9.59 Å². The highest BCUT2D eigenvalue weighted by Crippen LogP contribution is 2.51. The van der Waals surface area contributed by atoms with Gasteiger partial charge in [-0.1, -0.05) is 59.8 Å². The van der Waals surface area contributed by atoms with Gasteiger partial charge in [-0.05, 0) is 65.6 Å². The molecule has 50 heavy (non-hydrogen) atoms. The standard InChI is InChI=1S/C37H35ClN6O5S/c1-43-20-24(21-10-11-26(45)27(16-21)49-2)33(46)31(36(43)48)35(47)42-25-8-5-9-28(32(25)38)50-30-19-40-29(18-41-30)44-14-12-37(13-15-44)17-22-6-3-4-7-23(22)34(37)39/h3-11,16,18-20,34,45-46H,12-15,17,39H2,1-2H3,(H,42,47)/t34-/m1/s1/i1D3. The van der Waals surface area contributed by atoms with E-state index in [1.54, 1.807) is 24.5 Å². The van der Waals surface area contributed by atoms with Gasteiger partial charge in [0.1, 0.15) is 22.2 Å². The number of benzene rings is 3. The molecular weight excluding hydrogens is 676 g/mol. The monoisotopic (exact) mass is 713 g/mol. The van der Waals surface area contributed by atoms with Gasteiger partial charge >= 0.3 is 0 Å². The number of hydrogen-bond acceptors (Lipinski definition) is 10. The molecule has 1 fully saturated rings. The molecule has 3 aromatic carbocycles. The fourth-order valence-corrected chi connectivity index (χ4v) is 7.93. The molecule has 1 atom stereocenters. The molecule has 2 aliphatic rings. The van der Waals surface area contributed by atoms with E-state index < -0.39 is 29.8 Å². The number of aryl methyl sites for hydroxylation is 1. The van der Waals surface area contributed by atoms with Gasteiger partial charge in [0.15, 0.2) is 11.5 Å². The fraction of sp³-hybridized carbons (Fsp3) is 0.243. The zero-order chi connectivity index (χ0) is 37.7. The summed E-state index contributed by atoms with van der Waals surface area (Å²) in [5, 5.41) is 24.5. The van der Waals surface area contributed by atoms with E-state index in [9.17, 15) is 19.8 Å². The smallest absolute Gasteiger partial charge is 0.267 e. The number of nitrogens with two attached hydrogens (primary N) is 1. The van der Waals surface area contributed by atoms with Crippen LogP contribution in [0.15, 0.2) is 94.0 Å². The van der Waals surface area contributed by atoms with Crippen molar-refractivity contribution in [2.24, 2.45) is 18.1 Å². The number of fused-ring (bicyclic) bond motifs is 1. The van der Waals surface area contributed by atoms with Gasteiger partial charge in [-0.15, -0.1) is 0 Å². The number of nitrogens with one attached hydrogen (secondary N) is 1. The molecule has 3 heterocycles. The quantitative estimate of drug-likeness (QED) is 0.154. The van der Waals surface area contributed by atoms with E-state index in [-0.39, 0.29) is 44.8 Å². The Balaban J connectivity index is 1.08. The lowest BCUT2D eigenvalue weighted by Gasteiger charge is -2.42. The number of piperidine rings is 1. The first-order valence-corrected chi connectivity index (χ1v) is 17.0. The summed E-state index contributed by atoms with van der Waals surface area (Å²) < 4.78 is 29.2. The van der Waals surface area contributed by atoms with Gasteiger partial charge in [0, 0.05) is 46.9 Å². The zero-order valence-electron chi connectivity index (χ0n) is 29.9. The van der Waals surface area contributed by atoms with E-state index in [2.05, 4.69) is 38.4 Å². The van der Waals surface area contributed by atoms with Crippen LogP contribution in [0.4, 0.5) is 11.5 Å². The summed E-state index contributed by atoms with van der Waals surface area (Å²) in [5.41, 5.74) is 7.47. The van der Waals surface area contributed by atoms with Gasteiger partial charge in [0.05, 0.1) is 30.2 Å². The summed E-state index contributed by atoms with van der Waals surface area (Å²) >= 11 is 7.95. The third-order valence-electron chi connectivity index (χ3n) is 9.62. The second-order valence-electron chi connectivity index (χ2n) is 12.4. The Labute approximate surface area is 301 Å². The van der Waals surface area contributed by atoms with E-state index in [1.807, 2.05) is 6.07 Å². The first-order chi connectivity index (χ1) is 25.3. The summed E-state index contributed by atoms with van der Waals surface area (Å²) in [6.45, 7) is -1.36. The number of aromatic nitrogens is 3. The summed E-state index contributed by atoms with van der Waals surface area (Å²) in [6, 6.07) is 17.3. The molecule has 2 aromatic heterocycles. The second kappa shape index (κ2) is 13.3. The lowest BCUT2D eigenvalue weighted by molar-refractivity contribution is 0.102. The Kier molecular flexibility index (Phi) is 7.97. The van der Waals surface area contributed by atoms with Crippen LogP contribution in [0.3, 0.4) is 0 Å². The maximum Gasteiger partial charge on any atom is 0.267 e. The molecule has 0 bridgehead atoms. The van der Waals surface area contributed by atoms with Crippen LogP contribution in [-0.2, 0) is 13.4 Å². The number of halogens is 1. The number of anilines is 2. The molecule has 0 unspecified atom stereocenters. The maximum absolute atomic E-state index is 13.6. The fourth-order valence-electron chi connectivity index (χ4n) is 6.86. The first-order valence-electron chi connectivity index (χ1n) is 17.3. The number of methoxy groups -OCH3 is 1. The number of aromatic hydroxyl groups is 2. The lowest BCUT2D eigenvalue weighted by Crippen LogP contribution is -2.44. The number of nitrogens with zero attached hydrogens (tertiary/aromatic N) is 4. The number of phenols is 1. The minimum Gasteiger partial charge on any atom is -0.506 e. The molecule has 1 amide bonds. The van der Waals surface area contributed by atoms with Crippen LogP contribution in [0.25, 0.3) is 11.1 Å². The molecule has 0 saturated carbocycles. The van der Waals surface area contributed by atoms with Crippen molar-refractivity contribution in [1.29, 1.82) is 0 Å². The first kappa shape index (κ1) is 29.8. The molecule has 1 spiro atoms. The minimum atomic E-state index is -2.99. The van der Waals surface area contributed by atoms with Gasteiger partial charge in [0.2, 0.25) is 0 Å². The van der Waals surface area contributed by atoms with Gasteiger partial charge in [-0.2, -0.15) is 0 Å².